The van der Waals surface area contributed by atoms with E-state index in [4.69, 9.17) is 9.72 Å². The molecule has 1 amide bonds. The van der Waals surface area contributed by atoms with E-state index in [1.54, 1.807) is 0 Å². The molecule has 0 saturated heterocycles. The number of rotatable bonds is 6. The molecule has 0 spiro atoms. The number of amides is 1. The van der Waals surface area contributed by atoms with Gasteiger partial charge in [0.05, 0.1) is 17.2 Å². The van der Waals surface area contributed by atoms with E-state index < -0.39 is 0 Å². The molecule has 0 aliphatic heterocycles. The van der Waals surface area contributed by atoms with Gasteiger partial charge in [0.1, 0.15) is 0 Å². The zero-order chi connectivity index (χ0) is 17.8. The molecular weight excluding hydrogens is 324 g/mol. The number of aromatic nitrogens is 1. The second-order valence-electron chi connectivity index (χ2n) is 7.52. The van der Waals surface area contributed by atoms with Gasteiger partial charge in [0.15, 0.2) is 0 Å². The van der Waals surface area contributed by atoms with Crippen molar-refractivity contribution in [1.29, 1.82) is 0 Å². The molecule has 1 N–H and O–H groups in total. The van der Waals surface area contributed by atoms with Gasteiger partial charge < -0.3 is 10.1 Å². The zero-order valence-corrected chi connectivity index (χ0v) is 15.4. The van der Waals surface area contributed by atoms with Gasteiger partial charge in [-0.2, -0.15) is 0 Å². The minimum absolute atomic E-state index is 0.0411. The Bertz CT molecular complexity index is 781. The lowest BCUT2D eigenvalue weighted by Gasteiger charge is -2.22. The standard InChI is InChI=1S/C22H28N2O2/c25-22(23-14-7-15-26-16-8-2-1-3-9-16)21-17-10-4-5-12-19(17)24-20-13-6-11-18(20)21/h4-5,10,12,16H,1-3,6-9,11,13-15H2,(H,23,25). The Balaban J connectivity index is 1.37. The second-order valence-corrected chi connectivity index (χ2v) is 7.52. The summed E-state index contributed by atoms with van der Waals surface area (Å²) in [5.74, 6) is 0.0411. The minimum atomic E-state index is 0.0411. The van der Waals surface area contributed by atoms with Crippen molar-refractivity contribution < 1.29 is 9.53 Å². The molecule has 0 atom stereocenters. The van der Waals surface area contributed by atoms with Crippen molar-refractivity contribution in [1.82, 2.24) is 10.3 Å². The summed E-state index contributed by atoms with van der Waals surface area (Å²) in [7, 11) is 0. The number of hydrogen-bond acceptors (Lipinski definition) is 3. The Morgan fingerprint density at radius 2 is 1.96 bits per heavy atom. The quantitative estimate of drug-likeness (QED) is 0.793. The van der Waals surface area contributed by atoms with E-state index in [0.29, 0.717) is 12.6 Å². The zero-order valence-electron chi connectivity index (χ0n) is 15.4. The Kier molecular flexibility index (Phi) is 5.49. The number of nitrogens with zero attached hydrogens (tertiary/aromatic N) is 1. The van der Waals surface area contributed by atoms with Crippen molar-refractivity contribution in [3.8, 4) is 0 Å². The highest BCUT2D eigenvalue weighted by Crippen LogP contribution is 2.29. The van der Waals surface area contributed by atoms with E-state index in [0.717, 1.165) is 60.0 Å². The third-order valence-electron chi connectivity index (χ3n) is 5.66. The highest BCUT2D eigenvalue weighted by atomic mass is 16.5. The predicted molar refractivity (Wildman–Crippen MR) is 104 cm³/mol. The van der Waals surface area contributed by atoms with Gasteiger partial charge in [0, 0.05) is 24.2 Å². The highest BCUT2D eigenvalue weighted by molar-refractivity contribution is 6.07. The molecular formula is C22H28N2O2. The summed E-state index contributed by atoms with van der Waals surface area (Å²) in [5, 5.41) is 4.09. The average molecular weight is 352 g/mol. The molecule has 0 bridgehead atoms. The molecule has 1 aromatic carbocycles. The number of aryl methyl sites for hydroxylation is 1. The summed E-state index contributed by atoms with van der Waals surface area (Å²) >= 11 is 0. The molecule has 4 heteroatoms. The maximum Gasteiger partial charge on any atom is 0.252 e. The van der Waals surface area contributed by atoms with Crippen LogP contribution in [-0.2, 0) is 17.6 Å². The SMILES string of the molecule is O=C(NCCCOC1CCCCC1)c1c2c(nc3ccccc13)CCC2. The van der Waals surface area contributed by atoms with Crippen LogP contribution in [0.4, 0.5) is 0 Å². The van der Waals surface area contributed by atoms with Crippen LogP contribution in [0.2, 0.25) is 0 Å². The van der Waals surface area contributed by atoms with Crippen LogP contribution in [0, 0.1) is 0 Å². The first-order valence-electron chi connectivity index (χ1n) is 10.1. The van der Waals surface area contributed by atoms with Gasteiger partial charge in [0.25, 0.3) is 5.91 Å². The van der Waals surface area contributed by atoms with Crippen LogP contribution in [0.3, 0.4) is 0 Å². The minimum Gasteiger partial charge on any atom is -0.378 e. The van der Waals surface area contributed by atoms with Crippen LogP contribution in [0.15, 0.2) is 24.3 Å². The molecule has 4 rings (SSSR count). The molecule has 138 valence electrons. The third-order valence-corrected chi connectivity index (χ3v) is 5.66. The molecule has 2 aliphatic carbocycles. The Morgan fingerprint density at radius 3 is 2.85 bits per heavy atom. The fourth-order valence-corrected chi connectivity index (χ4v) is 4.31. The van der Waals surface area contributed by atoms with Crippen molar-refractivity contribution in [2.75, 3.05) is 13.2 Å². The summed E-state index contributed by atoms with van der Waals surface area (Å²) in [6, 6.07) is 7.99. The van der Waals surface area contributed by atoms with Crippen molar-refractivity contribution in [3.63, 3.8) is 0 Å². The van der Waals surface area contributed by atoms with Gasteiger partial charge in [-0.25, -0.2) is 0 Å². The van der Waals surface area contributed by atoms with Gasteiger partial charge in [-0.15, -0.1) is 0 Å². The number of fused-ring (bicyclic) bond motifs is 2. The number of nitrogens with one attached hydrogen (secondary N) is 1. The summed E-state index contributed by atoms with van der Waals surface area (Å²) in [4.78, 5) is 17.7. The Morgan fingerprint density at radius 1 is 1.12 bits per heavy atom. The molecule has 1 aromatic heterocycles. The topological polar surface area (TPSA) is 51.2 Å². The van der Waals surface area contributed by atoms with E-state index in [-0.39, 0.29) is 5.91 Å². The number of ether oxygens (including phenoxy) is 1. The van der Waals surface area contributed by atoms with Crippen molar-refractivity contribution in [2.45, 2.75) is 63.9 Å². The van der Waals surface area contributed by atoms with Crippen LogP contribution in [0.25, 0.3) is 10.9 Å². The van der Waals surface area contributed by atoms with E-state index in [9.17, 15) is 4.79 Å². The summed E-state index contributed by atoms with van der Waals surface area (Å²) in [5.41, 5.74) is 4.03. The van der Waals surface area contributed by atoms with Crippen LogP contribution >= 0.6 is 0 Å². The molecule has 2 aliphatic rings. The largest absolute Gasteiger partial charge is 0.378 e. The van der Waals surface area contributed by atoms with Gasteiger partial charge in [0.2, 0.25) is 0 Å². The summed E-state index contributed by atoms with van der Waals surface area (Å²) in [6.45, 7) is 1.40. The number of benzene rings is 1. The van der Waals surface area contributed by atoms with E-state index in [1.807, 2.05) is 24.3 Å². The predicted octanol–water partition coefficient (Wildman–Crippen LogP) is 4.19. The van der Waals surface area contributed by atoms with E-state index in [2.05, 4.69) is 5.32 Å². The number of carbonyl (C=O) groups is 1. The van der Waals surface area contributed by atoms with Crippen LogP contribution in [-0.4, -0.2) is 30.1 Å². The summed E-state index contributed by atoms with van der Waals surface area (Å²) in [6.07, 6.45) is 10.7. The fraction of sp³-hybridized carbons (Fsp3) is 0.545. The van der Waals surface area contributed by atoms with Crippen molar-refractivity contribution in [2.24, 2.45) is 0 Å². The van der Waals surface area contributed by atoms with Gasteiger partial charge in [-0.1, -0.05) is 37.5 Å². The molecule has 26 heavy (non-hydrogen) atoms. The average Bonchev–Trinajstić information content (AvgIpc) is 3.14. The van der Waals surface area contributed by atoms with Crippen molar-refractivity contribution in [3.05, 3.63) is 41.1 Å². The van der Waals surface area contributed by atoms with Gasteiger partial charge in [-0.3, -0.25) is 9.78 Å². The monoisotopic (exact) mass is 352 g/mol. The normalized spacial score (nSPS) is 17.4. The first-order valence-corrected chi connectivity index (χ1v) is 10.1. The second kappa shape index (κ2) is 8.17. The first kappa shape index (κ1) is 17.5. The Labute approximate surface area is 155 Å². The maximum absolute atomic E-state index is 12.9. The molecule has 1 fully saturated rings. The molecule has 0 radical (unpaired) electrons. The number of para-hydroxylation sites is 1. The van der Waals surface area contributed by atoms with E-state index in [1.165, 1.54) is 32.1 Å². The van der Waals surface area contributed by atoms with Gasteiger partial charge in [-0.05, 0) is 50.2 Å². The van der Waals surface area contributed by atoms with Gasteiger partial charge >= 0.3 is 0 Å². The molecule has 4 nitrogen and oxygen atoms in total. The molecule has 1 heterocycles. The Hall–Kier alpha value is -1.94. The number of carbonyl (C=O) groups excluding carboxylic acids is 1. The first-order chi connectivity index (χ1) is 12.8. The van der Waals surface area contributed by atoms with Crippen LogP contribution in [0.5, 0.6) is 0 Å². The lowest BCUT2D eigenvalue weighted by Crippen LogP contribution is -2.27. The molecule has 2 aromatic rings. The number of pyridine rings is 1. The van der Waals surface area contributed by atoms with E-state index >= 15 is 0 Å². The maximum atomic E-state index is 12.9. The summed E-state index contributed by atoms with van der Waals surface area (Å²) < 4.78 is 5.95. The van der Waals surface area contributed by atoms with Crippen LogP contribution < -0.4 is 5.32 Å². The smallest absolute Gasteiger partial charge is 0.252 e. The van der Waals surface area contributed by atoms with Crippen LogP contribution in [0.1, 0.15) is 66.6 Å². The molecule has 0 unspecified atom stereocenters. The molecule has 1 saturated carbocycles. The fourth-order valence-electron chi connectivity index (χ4n) is 4.31. The lowest BCUT2D eigenvalue weighted by atomic mass is 9.98. The van der Waals surface area contributed by atoms with Crippen molar-refractivity contribution >= 4 is 16.8 Å². The third kappa shape index (κ3) is 3.75. The lowest BCUT2D eigenvalue weighted by molar-refractivity contribution is 0.0273. The number of hydrogen-bond donors (Lipinski definition) is 1. The highest BCUT2D eigenvalue weighted by Gasteiger charge is 2.23.